The van der Waals surface area contributed by atoms with Crippen LogP contribution in [-0.2, 0) is 6.54 Å². The Labute approximate surface area is 152 Å². The first kappa shape index (κ1) is 17.2. The molecule has 0 aliphatic carbocycles. The largest absolute Gasteiger partial charge is 0.496 e. The van der Waals surface area contributed by atoms with Crippen LogP contribution < -0.4 is 10.1 Å². The van der Waals surface area contributed by atoms with E-state index in [1.807, 2.05) is 60.7 Å². The second-order valence-corrected chi connectivity index (χ2v) is 5.70. The quantitative estimate of drug-likeness (QED) is 0.757. The molecule has 128 valence electrons. The lowest BCUT2D eigenvalue weighted by atomic mass is 9.95. The van der Waals surface area contributed by atoms with Crippen molar-refractivity contribution in [1.82, 2.24) is 5.32 Å². The van der Waals surface area contributed by atoms with Gasteiger partial charge in [-0.25, -0.2) is 0 Å². The van der Waals surface area contributed by atoms with Gasteiger partial charge in [0.25, 0.3) is 5.91 Å². The number of nitrogens with one attached hydrogen (secondary N) is 1. The van der Waals surface area contributed by atoms with Gasteiger partial charge in [-0.2, -0.15) is 5.26 Å². The maximum absolute atomic E-state index is 12.8. The lowest BCUT2D eigenvalue weighted by molar-refractivity contribution is 0.0951. The first-order valence-corrected chi connectivity index (χ1v) is 8.23. The zero-order valence-corrected chi connectivity index (χ0v) is 14.4. The summed E-state index contributed by atoms with van der Waals surface area (Å²) in [6.07, 6.45) is 0. The van der Waals surface area contributed by atoms with Crippen molar-refractivity contribution in [3.05, 3.63) is 89.5 Å². The van der Waals surface area contributed by atoms with Gasteiger partial charge in [0, 0.05) is 23.2 Å². The number of rotatable bonds is 5. The molecule has 0 bridgehead atoms. The Morgan fingerprint density at radius 3 is 2.38 bits per heavy atom. The summed E-state index contributed by atoms with van der Waals surface area (Å²) in [7, 11) is 1.61. The molecule has 3 rings (SSSR count). The van der Waals surface area contributed by atoms with Crippen molar-refractivity contribution >= 4 is 5.91 Å². The molecule has 4 nitrogen and oxygen atoms in total. The van der Waals surface area contributed by atoms with Crippen molar-refractivity contribution in [2.75, 3.05) is 7.11 Å². The number of hydrogen-bond donors (Lipinski definition) is 1. The lowest BCUT2D eigenvalue weighted by Gasteiger charge is -2.13. The summed E-state index contributed by atoms with van der Waals surface area (Å²) in [6, 6.07) is 24.3. The summed E-state index contributed by atoms with van der Waals surface area (Å²) in [5.41, 5.74) is 3.46. The van der Waals surface area contributed by atoms with Crippen LogP contribution in [0.1, 0.15) is 21.5 Å². The van der Waals surface area contributed by atoms with E-state index in [0.29, 0.717) is 17.7 Å². The third kappa shape index (κ3) is 3.57. The molecular formula is C22H18N2O2. The van der Waals surface area contributed by atoms with E-state index >= 15 is 0 Å². The molecule has 0 heterocycles. The fraction of sp³-hybridized carbons (Fsp3) is 0.0909. The monoisotopic (exact) mass is 342 g/mol. The van der Waals surface area contributed by atoms with Crippen LogP contribution in [0.5, 0.6) is 5.75 Å². The molecule has 0 saturated carbocycles. The number of nitrogens with zero attached hydrogens (tertiary/aromatic N) is 1. The van der Waals surface area contributed by atoms with Crippen molar-refractivity contribution in [3.8, 4) is 22.9 Å². The zero-order valence-electron chi connectivity index (χ0n) is 14.4. The minimum atomic E-state index is -0.195. The number of amides is 1. The van der Waals surface area contributed by atoms with E-state index in [-0.39, 0.29) is 5.91 Å². The molecule has 0 unspecified atom stereocenters. The third-order valence-electron chi connectivity index (χ3n) is 4.14. The van der Waals surface area contributed by atoms with Crippen molar-refractivity contribution in [1.29, 1.82) is 5.26 Å². The van der Waals surface area contributed by atoms with Gasteiger partial charge in [-0.3, -0.25) is 4.79 Å². The Kier molecular flexibility index (Phi) is 5.31. The minimum Gasteiger partial charge on any atom is -0.496 e. The maximum atomic E-state index is 12.8. The fourth-order valence-electron chi connectivity index (χ4n) is 2.85. The molecule has 26 heavy (non-hydrogen) atoms. The van der Waals surface area contributed by atoms with Crippen molar-refractivity contribution in [2.24, 2.45) is 0 Å². The number of carbonyl (C=O) groups excluding carboxylic acids is 1. The summed E-state index contributed by atoms with van der Waals surface area (Å²) in [4.78, 5) is 12.8. The molecule has 0 radical (unpaired) electrons. The molecule has 0 saturated heterocycles. The molecule has 3 aromatic carbocycles. The van der Waals surface area contributed by atoms with Crippen LogP contribution in [-0.4, -0.2) is 13.0 Å². The minimum absolute atomic E-state index is 0.195. The van der Waals surface area contributed by atoms with Gasteiger partial charge in [-0.15, -0.1) is 0 Å². The van der Waals surface area contributed by atoms with Crippen molar-refractivity contribution < 1.29 is 9.53 Å². The van der Waals surface area contributed by atoms with E-state index in [1.165, 1.54) is 0 Å². The van der Waals surface area contributed by atoms with Crippen LogP contribution in [0.2, 0.25) is 0 Å². The van der Waals surface area contributed by atoms with Crippen molar-refractivity contribution in [3.63, 3.8) is 0 Å². The topological polar surface area (TPSA) is 62.1 Å². The summed E-state index contributed by atoms with van der Waals surface area (Å²) < 4.78 is 5.32. The van der Waals surface area contributed by atoms with Gasteiger partial charge in [0.2, 0.25) is 0 Å². The van der Waals surface area contributed by atoms with E-state index in [0.717, 1.165) is 22.4 Å². The van der Waals surface area contributed by atoms with Crippen molar-refractivity contribution in [2.45, 2.75) is 6.54 Å². The normalized spacial score (nSPS) is 10.0. The van der Waals surface area contributed by atoms with Crippen LogP contribution in [0.15, 0.2) is 72.8 Å². The standard InChI is InChI=1S/C22H18N2O2/c1-26-21-13-7-3-9-17(21)15-24-22(25)20-12-6-5-11-19(20)18-10-4-2-8-16(18)14-23/h2-13H,15H2,1H3,(H,24,25). The second-order valence-electron chi connectivity index (χ2n) is 5.70. The van der Waals surface area contributed by atoms with E-state index in [9.17, 15) is 10.1 Å². The van der Waals surface area contributed by atoms with Crippen LogP contribution in [0.25, 0.3) is 11.1 Å². The van der Waals surface area contributed by atoms with Crippen LogP contribution in [0.3, 0.4) is 0 Å². The molecule has 1 N–H and O–H groups in total. The number of carbonyl (C=O) groups is 1. The number of methoxy groups -OCH3 is 1. The maximum Gasteiger partial charge on any atom is 0.252 e. The SMILES string of the molecule is COc1ccccc1CNC(=O)c1ccccc1-c1ccccc1C#N. The van der Waals surface area contributed by atoms with Gasteiger partial charge in [0.05, 0.1) is 18.7 Å². The molecule has 0 atom stereocenters. The molecule has 1 amide bonds. The summed E-state index contributed by atoms with van der Waals surface area (Å²) in [6.45, 7) is 0.358. The predicted octanol–water partition coefficient (Wildman–Crippen LogP) is 4.16. The molecular weight excluding hydrogens is 324 g/mol. The summed E-state index contributed by atoms with van der Waals surface area (Å²) in [5, 5.41) is 12.3. The highest BCUT2D eigenvalue weighted by atomic mass is 16.5. The van der Waals surface area contributed by atoms with E-state index in [4.69, 9.17) is 4.74 Å². The highest BCUT2D eigenvalue weighted by molar-refractivity contribution is 6.01. The smallest absolute Gasteiger partial charge is 0.252 e. The van der Waals surface area contributed by atoms with E-state index < -0.39 is 0 Å². The molecule has 0 aliphatic heterocycles. The van der Waals surface area contributed by atoms with Crippen LogP contribution >= 0.6 is 0 Å². The van der Waals surface area contributed by atoms with Crippen LogP contribution in [0, 0.1) is 11.3 Å². The van der Waals surface area contributed by atoms with E-state index in [2.05, 4.69) is 11.4 Å². The molecule has 0 aromatic heterocycles. The van der Waals surface area contributed by atoms with Gasteiger partial charge in [0.15, 0.2) is 0 Å². The Hall–Kier alpha value is -3.58. The number of nitriles is 1. The highest BCUT2D eigenvalue weighted by Crippen LogP contribution is 2.27. The Bertz CT molecular complexity index is 974. The Morgan fingerprint density at radius 2 is 1.62 bits per heavy atom. The van der Waals surface area contributed by atoms with Gasteiger partial charge in [-0.1, -0.05) is 54.6 Å². The predicted molar refractivity (Wildman–Crippen MR) is 101 cm³/mol. The summed E-state index contributed by atoms with van der Waals surface area (Å²) in [5.74, 6) is 0.537. The highest BCUT2D eigenvalue weighted by Gasteiger charge is 2.15. The molecule has 4 heteroatoms. The molecule has 0 fully saturated rings. The molecule has 0 aliphatic rings. The number of benzene rings is 3. The lowest BCUT2D eigenvalue weighted by Crippen LogP contribution is -2.23. The molecule has 0 spiro atoms. The Balaban J connectivity index is 1.88. The third-order valence-corrected chi connectivity index (χ3v) is 4.14. The van der Waals surface area contributed by atoms with Crippen LogP contribution in [0.4, 0.5) is 0 Å². The van der Waals surface area contributed by atoms with Gasteiger partial charge < -0.3 is 10.1 Å². The average molecular weight is 342 g/mol. The summed E-state index contributed by atoms with van der Waals surface area (Å²) >= 11 is 0. The molecule has 3 aromatic rings. The van der Waals surface area contributed by atoms with Gasteiger partial charge in [-0.05, 0) is 23.8 Å². The first-order valence-electron chi connectivity index (χ1n) is 8.23. The van der Waals surface area contributed by atoms with Gasteiger partial charge in [0.1, 0.15) is 5.75 Å². The van der Waals surface area contributed by atoms with E-state index in [1.54, 1.807) is 19.2 Å². The average Bonchev–Trinajstić information content (AvgIpc) is 2.72. The number of ether oxygens (including phenoxy) is 1. The number of hydrogen-bond acceptors (Lipinski definition) is 3. The Morgan fingerprint density at radius 1 is 0.962 bits per heavy atom. The zero-order chi connectivity index (χ0) is 18.4. The second kappa shape index (κ2) is 8.00. The number of para-hydroxylation sites is 1. The first-order chi connectivity index (χ1) is 12.7. The van der Waals surface area contributed by atoms with Gasteiger partial charge >= 0.3 is 0 Å². The fourth-order valence-corrected chi connectivity index (χ4v) is 2.85.